The number of halogens is 2. The van der Waals surface area contributed by atoms with Crippen molar-refractivity contribution in [1.29, 1.82) is 0 Å². The molecule has 3 aromatic rings. The molecule has 8 nitrogen and oxygen atoms in total. The van der Waals surface area contributed by atoms with Crippen molar-refractivity contribution in [2.75, 3.05) is 5.32 Å². The maximum atomic E-state index is 13.1. The average Bonchev–Trinajstić information content (AvgIpc) is 3.23. The van der Waals surface area contributed by atoms with Crippen LogP contribution < -0.4 is 5.32 Å². The van der Waals surface area contributed by atoms with Crippen LogP contribution in [-0.2, 0) is 14.3 Å². The lowest BCUT2D eigenvalue weighted by Gasteiger charge is -2.10. The van der Waals surface area contributed by atoms with E-state index in [2.05, 4.69) is 15.6 Å². The largest absolute Gasteiger partial charge is 0.449 e. The smallest absolute Gasteiger partial charge is 0.331 e. The molecule has 1 aromatic carbocycles. The van der Waals surface area contributed by atoms with Gasteiger partial charge >= 0.3 is 5.97 Å². The number of ether oxygens (including phenoxy) is 1. The molecule has 0 fully saturated rings. The van der Waals surface area contributed by atoms with Crippen LogP contribution in [0.4, 0.5) is 10.2 Å². The van der Waals surface area contributed by atoms with Crippen molar-refractivity contribution < 1.29 is 23.2 Å². The number of hydrogen-bond donors (Lipinski definition) is 1. The molecule has 0 aliphatic carbocycles. The van der Waals surface area contributed by atoms with E-state index >= 15 is 0 Å². The Morgan fingerprint density at radius 2 is 2.00 bits per heavy atom. The van der Waals surface area contributed by atoms with Gasteiger partial charge in [0.25, 0.3) is 5.91 Å². The third-order valence-corrected chi connectivity index (χ3v) is 4.41. The number of amides is 1. The zero-order valence-corrected chi connectivity index (χ0v) is 17.1. The lowest BCUT2D eigenvalue weighted by Crippen LogP contribution is -2.29. The summed E-state index contributed by atoms with van der Waals surface area (Å²) < 4.78 is 24.5. The number of benzene rings is 1. The van der Waals surface area contributed by atoms with Crippen molar-refractivity contribution in [3.05, 3.63) is 64.4 Å². The van der Waals surface area contributed by atoms with Gasteiger partial charge in [-0.3, -0.25) is 4.79 Å². The van der Waals surface area contributed by atoms with Gasteiger partial charge in [-0.1, -0.05) is 16.8 Å². The Labute approximate surface area is 176 Å². The monoisotopic (exact) mass is 432 g/mol. The number of carbonyl (C=O) groups excluding carboxylic acids is 2. The van der Waals surface area contributed by atoms with Crippen molar-refractivity contribution in [1.82, 2.24) is 14.9 Å². The average molecular weight is 433 g/mol. The number of carbonyl (C=O) groups is 2. The highest BCUT2D eigenvalue weighted by molar-refractivity contribution is 6.31. The van der Waals surface area contributed by atoms with Gasteiger partial charge in [-0.15, -0.1) is 0 Å². The zero-order valence-electron chi connectivity index (χ0n) is 16.3. The van der Waals surface area contributed by atoms with Gasteiger partial charge in [-0.25, -0.2) is 13.9 Å². The minimum absolute atomic E-state index is 0.228. The van der Waals surface area contributed by atoms with Gasteiger partial charge in [0.2, 0.25) is 0 Å². The van der Waals surface area contributed by atoms with Crippen LogP contribution in [0.2, 0.25) is 5.15 Å². The van der Waals surface area contributed by atoms with E-state index in [9.17, 15) is 14.0 Å². The topological polar surface area (TPSA) is 99.2 Å². The van der Waals surface area contributed by atoms with E-state index in [-0.39, 0.29) is 16.8 Å². The molecular weight excluding hydrogens is 415 g/mol. The SMILES string of the molecule is Cc1cc(NC(=O)C(C)OC(=O)/C=C/c2c(C)nn(-c3ccc(F)cc3)c2Cl)no1. The fraction of sp³-hybridized carbons (Fsp3) is 0.200. The predicted octanol–water partition coefficient (Wildman–Crippen LogP) is 3.85. The Bertz CT molecular complexity index is 1100. The Hall–Kier alpha value is -3.46. The summed E-state index contributed by atoms with van der Waals surface area (Å²) in [6.07, 6.45) is 1.53. The Morgan fingerprint density at radius 3 is 2.63 bits per heavy atom. The maximum Gasteiger partial charge on any atom is 0.331 e. The van der Waals surface area contributed by atoms with E-state index in [1.807, 2.05) is 0 Å². The number of hydrogen-bond acceptors (Lipinski definition) is 6. The molecule has 2 heterocycles. The molecule has 0 radical (unpaired) electrons. The first-order valence-electron chi connectivity index (χ1n) is 8.88. The molecule has 0 bridgehead atoms. The van der Waals surface area contributed by atoms with Gasteiger partial charge in [0.05, 0.1) is 11.4 Å². The minimum atomic E-state index is -1.06. The number of rotatable bonds is 6. The van der Waals surface area contributed by atoms with Crippen LogP contribution in [0.15, 0.2) is 40.9 Å². The minimum Gasteiger partial charge on any atom is -0.449 e. The number of nitrogens with one attached hydrogen (secondary N) is 1. The number of esters is 1. The predicted molar refractivity (Wildman–Crippen MR) is 108 cm³/mol. The molecule has 0 saturated heterocycles. The molecule has 2 aromatic heterocycles. The highest BCUT2D eigenvalue weighted by Crippen LogP contribution is 2.25. The molecule has 3 rings (SSSR count). The lowest BCUT2D eigenvalue weighted by atomic mass is 10.2. The van der Waals surface area contributed by atoms with Crippen LogP contribution in [0.25, 0.3) is 11.8 Å². The zero-order chi connectivity index (χ0) is 21.8. The summed E-state index contributed by atoms with van der Waals surface area (Å²) in [6.45, 7) is 4.83. The van der Waals surface area contributed by atoms with Gasteiger partial charge in [-0.2, -0.15) is 5.10 Å². The summed E-state index contributed by atoms with van der Waals surface area (Å²) in [5.74, 6) is -0.904. The lowest BCUT2D eigenvalue weighted by molar-refractivity contribution is -0.148. The Morgan fingerprint density at radius 1 is 1.30 bits per heavy atom. The summed E-state index contributed by atoms with van der Waals surface area (Å²) in [5.41, 5.74) is 1.62. The first-order valence-corrected chi connectivity index (χ1v) is 9.26. The summed E-state index contributed by atoms with van der Waals surface area (Å²) in [6, 6.07) is 7.19. The van der Waals surface area contributed by atoms with Crippen LogP contribution in [-0.4, -0.2) is 32.9 Å². The number of anilines is 1. The van der Waals surface area contributed by atoms with Crippen molar-refractivity contribution >= 4 is 35.4 Å². The van der Waals surface area contributed by atoms with Crippen LogP contribution in [0.3, 0.4) is 0 Å². The Balaban J connectivity index is 1.65. The van der Waals surface area contributed by atoms with Crippen molar-refractivity contribution in [3.63, 3.8) is 0 Å². The first kappa shape index (κ1) is 21.3. The molecule has 0 aliphatic rings. The highest BCUT2D eigenvalue weighted by atomic mass is 35.5. The van der Waals surface area contributed by atoms with Crippen molar-refractivity contribution in [2.45, 2.75) is 26.9 Å². The van der Waals surface area contributed by atoms with Gasteiger partial charge in [0, 0.05) is 17.7 Å². The normalized spacial score (nSPS) is 12.2. The molecule has 1 unspecified atom stereocenters. The molecule has 1 amide bonds. The van der Waals surface area contributed by atoms with E-state index in [1.165, 1.54) is 48.0 Å². The van der Waals surface area contributed by atoms with E-state index in [1.54, 1.807) is 13.8 Å². The molecule has 0 spiro atoms. The first-order chi connectivity index (χ1) is 14.2. The van der Waals surface area contributed by atoms with Gasteiger partial charge in [0.1, 0.15) is 16.7 Å². The maximum absolute atomic E-state index is 13.1. The van der Waals surface area contributed by atoms with E-state index in [0.29, 0.717) is 22.7 Å². The van der Waals surface area contributed by atoms with Crippen LogP contribution in [0, 0.1) is 19.7 Å². The number of nitrogens with zero attached hydrogens (tertiary/aromatic N) is 3. The van der Waals surface area contributed by atoms with E-state index < -0.39 is 18.0 Å². The summed E-state index contributed by atoms with van der Waals surface area (Å²) >= 11 is 6.36. The second kappa shape index (κ2) is 8.91. The third kappa shape index (κ3) is 4.93. The van der Waals surface area contributed by atoms with Crippen LogP contribution in [0.1, 0.15) is 23.9 Å². The quantitative estimate of drug-likeness (QED) is 0.469. The van der Waals surface area contributed by atoms with Crippen molar-refractivity contribution in [3.8, 4) is 5.69 Å². The van der Waals surface area contributed by atoms with Crippen LogP contribution in [0.5, 0.6) is 0 Å². The third-order valence-electron chi connectivity index (χ3n) is 4.05. The molecule has 10 heteroatoms. The molecule has 0 aliphatic heterocycles. The van der Waals surface area contributed by atoms with Gasteiger partial charge < -0.3 is 14.6 Å². The summed E-state index contributed by atoms with van der Waals surface area (Å²) in [4.78, 5) is 24.2. The van der Waals surface area contributed by atoms with Crippen LogP contribution >= 0.6 is 11.6 Å². The van der Waals surface area contributed by atoms with Gasteiger partial charge in [-0.05, 0) is 51.1 Å². The fourth-order valence-electron chi connectivity index (χ4n) is 2.53. The molecule has 1 atom stereocenters. The number of aromatic nitrogens is 3. The second-order valence-electron chi connectivity index (χ2n) is 6.40. The van der Waals surface area contributed by atoms with E-state index in [0.717, 1.165) is 6.08 Å². The van der Waals surface area contributed by atoms with Gasteiger partial charge in [0.15, 0.2) is 11.9 Å². The second-order valence-corrected chi connectivity index (χ2v) is 6.76. The molecular formula is C20H18ClFN4O4. The number of aryl methyl sites for hydroxylation is 2. The van der Waals surface area contributed by atoms with E-state index in [4.69, 9.17) is 20.9 Å². The summed E-state index contributed by atoms with van der Waals surface area (Å²) in [7, 11) is 0. The molecule has 30 heavy (non-hydrogen) atoms. The molecule has 0 saturated carbocycles. The summed E-state index contributed by atoms with van der Waals surface area (Å²) in [5, 5.41) is 10.7. The fourth-order valence-corrected chi connectivity index (χ4v) is 2.86. The molecule has 156 valence electrons. The highest BCUT2D eigenvalue weighted by Gasteiger charge is 2.19. The standard InChI is InChI=1S/C20H18ClFN4O4/c1-11-10-17(25-30-11)23-20(28)13(3)29-18(27)9-8-16-12(2)24-26(19(16)21)15-6-4-14(22)5-7-15/h4-10,13H,1-3H3,(H,23,25,28)/b9-8+. The Kier molecular flexibility index (Phi) is 6.31. The van der Waals surface area contributed by atoms with Crippen molar-refractivity contribution in [2.24, 2.45) is 0 Å². The molecule has 1 N–H and O–H groups in total.